The third-order valence-corrected chi connectivity index (χ3v) is 3.98. The average Bonchev–Trinajstić information content (AvgIpc) is 2.42. The van der Waals surface area contributed by atoms with E-state index in [9.17, 15) is 0 Å². The minimum atomic E-state index is 0. The van der Waals surface area contributed by atoms with E-state index in [1.807, 2.05) is 24.4 Å². The number of halogens is 2. The van der Waals surface area contributed by atoms with Crippen LogP contribution in [0.15, 0.2) is 30.5 Å². The van der Waals surface area contributed by atoms with Crippen molar-refractivity contribution >= 4 is 34.9 Å². The van der Waals surface area contributed by atoms with E-state index in [4.69, 9.17) is 11.6 Å². The first-order valence-corrected chi connectivity index (χ1v) is 7.09. The Kier molecular flexibility index (Phi) is 5.22. The Morgan fingerprint density at radius 1 is 1.40 bits per heavy atom. The standard InChI is InChI=1S/C15H18ClN3.ClH/c1-11-9-19(8-7-17-11)10-12-4-5-14(16)13-3-2-6-18-15(12)13;/h2-6,11,17H,7-10H2,1H3;1H/t11-;/m0./s1. The van der Waals surface area contributed by atoms with Gasteiger partial charge in [-0.2, -0.15) is 0 Å². The minimum Gasteiger partial charge on any atom is -0.312 e. The fourth-order valence-electron chi connectivity index (χ4n) is 2.72. The molecular formula is C15H19Cl2N3. The van der Waals surface area contributed by atoms with Crippen LogP contribution in [0.4, 0.5) is 0 Å². The summed E-state index contributed by atoms with van der Waals surface area (Å²) < 4.78 is 0. The first kappa shape index (κ1) is 15.5. The lowest BCUT2D eigenvalue weighted by atomic mass is 10.1. The maximum atomic E-state index is 6.23. The van der Waals surface area contributed by atoms with E-state index in [0.29, 0.717) is 6.04 Å². The van der Waals surface area contributed by atoms with Gasteiger partial charge in [0.15, 0.2) is 0 Å². The Labute approximate surface area is 130 Å². The summed E-state index contributed by atoms with van der Waals surface area (Å²) in [6, 6.07) is 8.61. The Bertz CT molecular complexity index is 588. The van der Waals surface area contributed by atoms with Crippen LogP contribution in [0.25, 0.3) is 10.9 Å². The van der Waals surface area contributed by atoms with Gasteiger partial charge in [-0.25, -0.2) is 0 Å². The molecule has 3 nitrogen and oxygen atoms in total. The normalized spacial score (nSPS) is 19.8. The lowest BCUT2D eigenvalue weighted by Gasteiger charge is -2.32. The molecule has 0 unspecified atom stereocenters. The van der Waals surface area contributed by atoms with E-state index in [1.165, 1.54) is 5.56 Å². The van der Waals surface area contributed by atoms with Gasteiger partial charge in [0.1, 0.15) is 0 Å². The molecule has 3 rings (SSSR count). The molecule has 1 aromatic heterocycles. The van der Waals surface area contributed by atoms with Crippen molar-refractivity contribution < 1.29 is 0 Å². The van der Waals surface area contributed by atoms with Crippen LogP contribution >= 0.6 is 24.0 Å². The highest BCUT2D eigenvalue weighted by atomic mass is 35.5. The molecule has 1 aromatic carbocycles. The van der Waals surface area contributed by atoms with Gasteiger partial charge < -0.3 is 5.32 Å². The summed E-state index contributed by atoms with van der Waals surface area (Å²) in [7, 11) is 0. The van der Waals surface area contributed by atoms with Crippen molar-refractivity contribution in [3.05, 3.63) is 41.0 Å². The van der Waals surface area contributed by atoms with Crippen LogP contribution in [-0.2, 0) is 6.54 Å². The molecule has 5 heteroatoms. The number of nitrogens with one attached hydrogen (secondary N) is 1. The molecule has 2 heterocycles. The van der Waals surface area contributed by atoms with Crippen LogP contribution in [0.3, 0.4) is 0 Å². The van der Waals surface area contributed by atoms with E-state index in [2.05, 4.69) is 28.2 Å². The van der Waals surface area contributed by atoms with Crippen LogP contribution < -0.4 is 5.32 Å². The maximum Gasteiger partial charge on any atom is 0.0761 e. The molecule has 1 aliphatic rings. The second kappa shape index (κ2) is 6.72. The van der Waals surface area contributed by atoms with Crippen molar-refractivity contribution in [3.63, 3.8) is 0 Å². The number of fused-ring (bicyclic) bond motifs is 1. The van der Waals surface area contributed by atoms with Crippen molar-refractivity contribution in [2.75, 3.05) is 19.6 Å². The van der Waals surface area contributed by atoms with E-state index in [0.717, 1.165) is 42.1 Å². The molecule has 20 heavy (non-hydrogen) atoms. The molecule has 0 bridgehead atoms. The third kappa shape index (κ3) is 3.23. The highest BCUT2D eigenvalue weighted by molar-refractivity contribution is 6.35. The van der Waals surface area contributed by atoms with Gasteiger partial charge in [-0.1, -0.05) is 17.7 Å². The van der Waals surface area contributed by atoms with E-state index in [-0.39, 0.29) is 12.4 Å². The van der Waals surface area contributed by atoms with Crippen molar-refractivity contribution in [1.29, 1.82) is 0 Å². The smallest absolute Gasteiger partial charge is 0.0761 e. The monoisotopic (exact) mass is 311 g/mol. The Balaban J connectivity index is 0.00000147. The predicted octanol–water partition coefficient (Wildman–Crippen LogP) is 3.10. The van der Waals surface area contributed by atoms with Crippen LogP contribution in [-0.4, -0.2) is 35.6 Å². The summed E-state index contributed by atoms with van der Waals surface area (Å²) in [5, 5.41) is 5.29. The lowest BCUT2D eigenvalue weighted by molar-refractivity contribution is 0.200. The first-order chi connectivity index (χ1) is 9.24. The minimum absolute atomic E-state index is 0. The van der Waals surface area contributed by atoms with Crippen LogP contribution in [0, 0.1) is 0 Å². The SMILES string of the molecule is C[C@H]1CN(Cc2ccc(Cl)c3cccnc23)CCN1.Cl. The van der Waals surface area contributed by atoms with Gasteiger partial charge >= 0.3 is 0 Å². The second-order valence-electron chi connectivity index (χ2n) is 5.20. The third-order valence-electron chi connectivity index (χ3n) is 3.65. The molecule has 0 spiro atoms. The Morgan fingerprint density at radius 3 is 3.05 bits per heavy atom. The van der Waals surface area contributed by atoms with Crippen molar-refractivity contribution in [2.45, 2.75) is 19.5 Å². The Hall–Kier alpha value is -0.870. The zero-order chi connectivity index (χ0) is 13.2. The van der Waals surface area contributed by atoms with Crippen molar-refractivity contribution in [1.82, 2.24) is 15.2 Å². The summed E-state index contributed by atoms with van der Waals surface area (Å²) in [5.74, 6) is 0. The van der Waals surface area contributed by atoms with Gasteiger partial charge in [0.05, 0.1) is 5.52 Å². The van der Waals surface area contributed by atoms with Gasteiger partial charge in [-0.05, 0) is 30.7 Å². The van der Waals surface area contributed by atoms with Crippen molar-refractivity contribution in [2.24, 2.45) is 0 Å². The van der Waals surface area contributed by atoms with E-state index < -0.39 is 0 Å². The zero-order valence-electron chi connectivity index (χ0n) is 11.5. The fourth-order valence-corrected chi connectivity index (χ4v) is 2.94. The molecule has 2 aromatic rings. The molecule has 108 valence electrons. The summed E-state index contributed by atoms with van der Waals surface area (Å²) in [6.07, 6.45) is 1.84. The van der Waals surface area contributed by atoms with Gasteiger partial charge in [0, 0.05) is 48.8 Å². The highest BCUT2D eigenvalue weighted by Gasteiger charge is 2.17. The molecule has 0 saturated carbocycles. The number of rotatable bonds is 2. The summed E-state index contributed by atoms with van der Waals surface area (Å²) in [5.41, 5.74) is 2.29. The number of pyridine rings is 1. The van der Waals surface area contributed by atoms with E-state index in [1.54, 1.807) is 0 Å². The highest BCUT2D eigenvalue weighted by Crippen LogP contribution is 2.25. The quantitative estimate of drug-likeness (QED) is 0.923. The molecule has 1 fully saturated rings. The molecule has 0 aliphatic carbocycles. The molecule has 1 atom stereocenters. The van der Waals surface area contributed by atoms with Crippen LogP contribution in [0.5, 0.6) is 0 Å². The average molecular weight is 312 g/mol. The van der Waals surface area contributed by atoms with Crippen LogP contribution in [0.1, 0.15) is 12.5 Å². The van der Waals surface area contributed by atoms with Crippen molar-refractivity contribution in [3.8, 4) is 0 Å². The van der Waals surface area contributed by atoms with Gasteiger partial charge in [0.2, 0.25) is 0 Å². The second-order valence-corrected chi connectivity index (χ2v) is 5.60. The topological polar surface area (TPSA) is 28.2 Å². The predicted molar refractivity (Wildman–Crippen MR) is 86.7 cm³/mol. The maximum absolute atomic E-state index is 6.23. The fraction of sp³-hybridized carbons (Fsp3) is 0.400. The number of hydrogen-bond acceptors (Lipinski definition) is 3. The summed E-state index contributed by atoms with van der Waals surface area (Å²) >= 11 is 6.23. The lowest BCUT2D eigenvalue weighted by Crippen LogP contribution is -2.48. The number of hydrogen-bond donors (Lipinski definition) is 1. The number of piperazine rings is 1. The zero-order valence-corrected chi connectivity index (χ0v) is 13.0. The number of aromatic nitrogens is 1. The molecule has 1 N–H and O–H groups in total. The summed E-state index contributed by atoms with van der Waals surface area (Å²) in [4.78, 5) is 6.97. The number of benzene rings is 1. The van der Waals surface area contributed by atoms with E-state index >= 15 is 0 Å². The largest absolute Gasteiger partial charge is 0.312 e. The van der Waals surface area contributed by atoms with Gasteiger partial charge in [-0.3, -0.25) is 9.88 Å². The molecular weight excluding hydrogens is 293 g/mol. The molecule has 0 radical (unpaired) electrons. The Morgan fingerprint density at radius 2 is 2.25 bits per heavy atom. The van der Waals surface area contributed by atoms with Gasteiger partial charge in [-0.15, -0.1) is 12.4 Å². The molecule has 1 aliphatic heterocycles. The number of nitrogens with zero attached hydrogens (tertiary/aromatic N) is 2. The van der Waals surface area contributed by atoms with Gasteiger partial charge in [0.25, 0.3) is 0 Å². The first-order valence-electron chi connectivity index (χ1n) is 6.72. The summed E-state index contributed by atoms with van der Waals surface area (Å²) in [6.45, 7) is 6.39. The van der Waals surface area contributed by atoms with Crippen LogP contribution in [0.2, 0.25) is 5.02 Å². The molecule has 1 saturated heterocycles. The molecule has 0 amide bonds.